The van der Waals surface area contributed by atoms with E-state index in [1.54, 1.807) is 7.11 Å². The zero-order valence-corrected chi connectivity index (χ0v) is 11.9. The first-order valence-electron chi connectivity index (χ1n) is 7.18. The van der Waals surface area contributed by atoms with E-state index in [4.69, 9.17) is 10.5 Å². The zero-order valence-electron chi connectivity index (χ0n) is 11.9. The summed E-state index contributed by atoms with van der Waals surface area (Å²) in [6.07, 6.45) is 2.84. The van der Waals surface area contributed by atoms with Gasteiger partial charge in [-0.15, -0.1) is 0 Å². The van der Waals surface area contributed by atoms with Gasteiger partial charge in [-0.25, -0.2) is 4.79 Å². The molecule has 0 saturated carbocycles. The largest absolute Gasteiger partial charge is 0.380 e. The van der Waals surface area contributed by atoms with Crippen LogP contribution in [-0.4, -0.2) is 62.3 Å². The van der Waals surface area contributed by atoms with Gasteiger partial charge in [0, 0.05) is 33.3 Å². The van der Waals surface area contributed by atoms with Gasteiger partial charge in [0.25, 0.3) is 0 Å². The molecule has 2 fully saturated rings. The fraction of sp³-hybridized carbons (Fsp3) is 0.846. The number of carbonyl (C=O) groups excluding carboxylic acids is 2. The molecule has 7 heteroatoms. The van der Waals surface area contributed by atoms with Crippen molar-refractivity contribution in [3.63, 3.8) is 0 Å². The van der Waals surface area contributed by atoms with Gasteiger partial charge in [-0.3, -0.25) is 4.79 Å². The van der Waals surface area contributed by atoms with Gasteiger partial charge >= 0.3 is 6.03 Å². The van der Waals surface area contributed by atoms with E-state index >= 15 is 0 Å². The van der Waals surface area contributed by atoms with Crippen molar-refractivity contribution in [1.82, 2.24) is 15.5 Å². The smallest absolute Gasteiger partial charge is 0.312 e. The van der Waals surface area contributed by atoms with Crippen molar-refractivity contribution in [1.29, 1.82) is 0 Å². The predicted octanol–water partition coefficient (Wildman–Crippen LogP) is -0.730. The number of piperidine rings is 1. The molecule has 3 atom stereocenters. The lowest BCUT2D eigenvalue weighted by molar-refractivity contribution is -0.135. The molecule has 0 aromatic carbocycles. The van der Waals surface area contributed by atoms with Gasteiger partial charge < -0.3 is 26.0 Å². The standard InChI is InChI=1S/C13H24N4O3/c1-20-10-5-11(15-7-10)12(18)17-4-2-3-9(8-17)6-16-13(14)19/h9-11,15H,2-8H2,1H3,(H3,14,16,19). The molecule has 2 heterocycles. The molecule has 2 saturated heterocycles. The molecule has 4 N–H and O–H groups in total. The molecular weight excluding hydrogens is 260 g/mol. The first-order chi connectivity index (χ1) is 9.60. The maximum Gasteiger partial charge on any atom is 0.312 e. The quantitative estimate of drug-likeness (QED) is 0.634. The van der Waals surface area contributed by atoms with Crippen LogP contribution in [0.3, 0.4) is 0 Å². The van der Waals surface area contributed by atoms with Crippen molar-refractivity contribution in [2.45, 2.75) is 31.4 Å². The summed E-state index contributed by atoms with van der Waals surface area (Å²) in [5, 5.41) is 5.84. The number of nitrogens with one attached hydrogen (secondary N) is 2. The van der Waals surface area contributed by atoms with Crippen molar-refractivity contribution in [2.75, 3.05) is 33.3 Å². The van der Waals surface area contributed by atoms with Crippen LogP contribution in [0.5, 0.6) is 0 Å². The Balaban J connectivity index is 1.82. The third kappa shape index (κ3) is 3.83. The number of hydrogen-bond donors (Lipinski definition) is 3. The third-order valence-corrected chi connectivity index (χ3v) is 4.12. The van der Waals surface area contributed by atoms with E-state index in [1.165, 1.54) is 0 Å². The first-order valence-corrected chi connectivity index (χ1v) is 7.18. The van der Waals surface area contributed by atoms with Crippen molar-refractivity contribution < 1.29 is 14.3 Å². The minimum Gasteiger partial charge on any atom is -0.380 e. The van der Waals surface area contributed by atoms with Crippen LogP contribution in [-0.2, 0) is 9.53 Å². The SMILES string of the molecule is COC1CNC(C(=O)N2CCCC(CNC(N)=O)C2)C1. The summed E-state index contributed by atoms with van der Waals surface area (Å²) in [5.41, 5.74) is 5.08. The van der Waals surface area contributed by atoms with Crippen LogP contribution in [0.1, 0.15) is 19.3 Å². The van der Waals surface area contributed by atoms with Crippen molar-refractivity contribution in [2.24, 2.45) is 11.7 Å². The summed E-state index contributed by atoms with van der Waals surface area (Å²) >= 11 is 0. The Morgan fingerprint density at radius 2 is 2.30 bits per heavy atom. The van der Waals surface area contributed by atoms with E-state index in [9.17, 15) is 9.59 Å². The summed E-state index contributed by atoms with van der Waals surface area (Å²) in [4.78, 5) is 25.1. The molecule has 0 aliphatic carbocycles. The van der Waals surface area contributed by atoms with E-state index in [0.717, 1.165) is 32.4 Å². The molecule has 0 radical (unpaired) electrons. The predicted molar refractivity (Wildman–Crippen MR) is 74.1 cm³/mol. The van der Waals surface area contributed by atoms with Gasteiger partial charge in [0.2, 0.25) is 5.91 Å². The minimum absolute atomic E-state index is 0.126. The Labute approximate surface area is 119 Å². The number of urea groups is 1. The number of amides is 3. The topological polar surface area (TPSA) is 96.7 Å². The molecular formula is C13H24N4O3. The van der Waals surface area contributed by atoms with E-state index in [2.05, 4.69) is 10.6 Å². The summed E-state index contributed by atoms with van der Waals surface area (Å²) in [6.45, 7) is 2.75. The fourth-order valence-electron chi connectivity index (χ4n) is 2.97. The molecule has 0 aromatic heterocycles. The number of primary amides is 1. The normalized spacial score (nSPS) is 30.2. The van der Waals surface area contributed by atoms with Crippen molar-refractivity contribution >= 4 is 11.9 Å². The second kappa shape index (κ2) is 6.90. The molecule has 0 spiro atoms. The summed E-state index contributed by atoms with van der Waals surface area (Å²) < 4.78 is 5.27. The van der Waals surface area contributed by atoms with Crippen molar-refractivity contribution in [3.05, 3.63) is 0 Å². The molecule has 2 rings (SSSR count). The second-order valence-corrected chi connectivity index (χ2v) is 5.59. The number of methoxy groups -OCH3 is 1. The number of likely N-dealkylation sites (tertiary alicyclic amines) is 1. The lowest BCUT2D eigenvalue weighted by atomic mass is 9.97. The third-order valence-electron chi connectivity index (χ3n) is 4.12. The lowest BCUT2D eigenvalue weighted by Crippen LogP contribution is -2.49. The monoisotopic (exact) mass is 284 g/mol. The Morgan fingerprint density at radius 3 is 2.95 bits per heavy atom. The van der Waals surface area contributed by atoms with E-state index < -0.39 is 6.03 Å². The molecule has 20 heavy (non-hydrogen) atoms. The summed E-state index contributed by atoms with van der Waals surface area (Å²) in [6, 6.07) is -0.642. The van der Waals surface area contributed by atoms with Crippen LogP contribution in [0.2, 0.25) is 0 Å². The van der Waals surface area contributed by atoms with E-state index in [0.29, 0.717) is 19.0 Å². The molecule has 2 aliphatic heterocycles. The number of carbonyl (C=O) groups is 2. The van der Waals surface area contributed by atoms with Crippen LogP contribution >= 0.6 is 0 Å². The molecule has 114 valence electrons. The highest BCUT2D eigenvalue weighted by atomic mass is 16.5. The van der Waals surface area contributed by atoms with Gasteiger partial charge in [-0.05, 0) is 25.2 Å². The van der Waals surface area contributed by atoms with Gasteiger partial charge in [-0.1, -0.05) is 0 Å². The zero-order chi connectivity index (χ0) is 14.5. The Bertz CT molecular complexity index is 364. The molecule has 2 aliphatic rings. The molecule has 0 aromatic rings. The minimum atomic E-state index is -0.506. The van der Waals surface area contributed by atoms with Gasteiger partial charge in [0.05, 0.1) is 12.1 Å². The van der Waals surface area contributed by atoms with Crippen LogP contribution < -0.4 is 16.4 Å². The van der Waals surface area contributed by atoms with Crippen LogP contribution in [0.4, 0.5) is 4.79 Å². The maximum atomic E-state index is 12.4. The van der Waals surface area contributed by atoms with Gasteiger partial charge in [-0.2, -0.15) is 0 Å². The second-order valence-electron chi connectivity index (χ2n) is 5.59. The van der Waals surface area contributed by atoms with Crippen molar-refractivity contribution in [3.8, 4) is 0 Å². The Kier molecular flexibility index (Phi) is 5.19. The molecule has 7 nitrogen and oxygen atoms in total. The Hall–Kier alpha value is -1.34. The molecule has 3 unspecified atom stereocenters. The van der Waals surface area contributed by atoms with Gasteiger partial charge in [0.1, 0.15) is 0 Å². The lowest BCUT2D eigenvalue weighted by Gasteiger charge is -2.34. The number of ether oxygens (including phenoxy) is 1. The number of hydrogen-bond acceptors (Lipinski definition) is 4. The van der Waals surface area contributed by atoms with E-state index in [-0.39, 0.29) is 18.1 Å². The van der Waals surface area contributed by atoms with Crippen LogP contribution in [0.25, 0.3) is 0 Å². The van der Waals surface area contributed by atoms with E-state index in [1.807, 2.05) is 4.90 Å². The molecule has 3 amide bonds. The Morgan fingerprint density at radius 1 is 1.50 bits per heavy atom. The number of nitrogens with two attached hydrogens (primary N) is 1. The highest BCUT2D eigenvalue weighted by Crippen LogP contribution is 2.19. The highest BCUT2D eigenvalue weighted by molar-refractivity contribution is 5.82. The van der Waals surface area contributed by atoms with Crippen LogP contribution in [0.15, 0.2) is 0 Å². The fourth-order valence-corrected chi connectivity index (χ4v) is 2.97. The highest BCUT2D eigenvalue weighted by Gasteiger charge is 2.34. The summed E-state index contributed by atoms with van der Waals surface area (Å²) in [5.74, 6) is 0.438. The average molecular weight is 284 g/mol. The number of nitrogens with zero attached hydrogens (tertiary/aromatic N) is 1. The average Bonchev–Trinajstić information content (AvgIpc) is 2.93. The van der Waals surface area contributed by atoms with Gasteiger partial charge in [0.15, 0.2) is 0 Å². The number of rotatable bonds is 4. The maximum absolute atomic E-state index is 12.4. The summed E-state index contributed by atoms with van der Waals surface area (Å²) in [7, 11) is 1.67. The molecule has 0 bridgehead atoms. The van der Waals surface area contributed by atoms with Crippen LogP contribution in [0, 0.1) is 5.92 Å². The first kappa shape index (κ1) is 15.1.